The fourth-order valence-corrected chi connectivity index (χ4v) is 0.686. The van der Waals surface area contributed by atoms with Gasteiger partial charge in [0.15, 0.2) is 12.7 Å². The summed E-state index contributed by atoms with van der Waals surface area (Å²) < 4.78 is 19.5. The van der Waals surface area contributed by atoms with Gasteiger partial charge < -0.3 is 8.60 Å². The molecule has 1 rings (SSSR count). The third-order valence-electron chi connectivity index (χ3n) is 0.612. The maximum Gasteiger partial charge on any atom is 0.269 e. The van der Waals surface area contributed by atoms with Crippen molar-refractivity contribution in [1.82, 2.24) is 4.98 Å². The number of nitrogens with zero attached hydrogens (tertiary/aromatic N) is 1. The van der Waals surface area contributed by atoms with Gasteiger partial charge in [-0.3, -0.25) is 0 Å². The van der Waals surface area contributed by atoms with Crippen LogP contribution in [0.15, 0.2) is 17.1 Å². The van der Waals surface area contributed by atoms with Crippen molar-refractivity contribution >= 4 is 11.1 Å². The van der Waals surface area contributed by atoms with Gasteiger partial charge in [-0.1, -0.05) is 0 Å². The monoisotopic (exact) mass is 147 g/mol. The van der Waals surface area contributed by atoms with Crippen molar-refractivity contribution in [1.29, 1.82) is 0 Å². The summed E-state index contributed by atoms with van der Waals surface area (Å²) >= 11 is -1.32. The van der Waals surface area contributed by atoms with E-state index < -0.39 is 11.1 Å². The van der Waals surface area contributed by atoms with E-state index >= 15 is 0 Å². The van der Waals surface area contributed by atoms with E-state index in [0.29, 0.717) is 0 Å². The molecule has 0 bridgehead atoms. The molecule has 0 amide bonds. The van der Waals surface area contributed by atoms with Gasteiger partial charge in [0.25, 0.3) is 5.88 Å². The maximum absolute atomic E-state index is 10.3. The Labute approximate surface area is 54.5 Å². The Morgan fingerprint density at radius 3 is 3.11 bits per heavy atom. The van der Waals surface area contributed by atoms with Gasteiger partial charge >= 0.3 is 0 Å². The molecule has 0 saturated carbocycles. The van der Waals surface area contributed by atoms with E-state index in [1.165, 1.54) is 18.9 Å². The van der Waals surface area contributed by atoms with Gasteiger partial charge in [-0.05, 0) is 0 Å². The van der Waals surface area contributed by atoms with Crippen molar-refractivity contribution in [2.24, 2.45) is 0 Å². The van der Waals surface area contributed by atoms with Crippen LogP contribution in [0.1, 0.15) is 0 Å². The zero-order valence-corrected chi connectivity index (χ0v) is 5.55. The Bertz CT molecular complexity index is 196. The lowest BCUT2D eigenvalue weighted by atomic mass is 10.9. The van der Waals surface area contributed by atoms with Crippen LogP contribution in [-0.2, 0) is 11.1 Å². The van der Waals surface area contributed by atoms with Gasteiger partial charge in [0, 0.05) is 6.26 Å². The Balaban J connectivity index is 2.58. The van der Waals surface area contributed by atoms with Gasteiger partial charge in [-0.25, -0.2) is 4.21 Å². The average molecular weight is 147 g/mol. The predicted octanol–water partition coefficient (Wildman–Crippen LogP) is 0.347. The summed E-state index contributed by atoms with van der Waals surface area (Å²) in [4.78, 5) is 3.57. The first-order chi connectivity index (χ1) is 4.29. The summed E-state index contributed by atoms with van der Waals surface area (Å²) in [6.45, 7) is 0. The van der Waals surface area contributed by atoms with Crippen molar-refractivity contribution in [3.63, 3.8) is 0 Å². The van der Waals surface area contributed by atoms with Crippen molar-refractivity contribution in [2.75, 3.05) is 6.26 Å². The molecule has 5 heteroatoms. The van der Waals surface area contributed by atoms with Crippen molar-refractivity contribution in [2.45, 2.75) is 0 Å². The molecule has 0 aliphatic carbocycles. The number of aromatic nitrogens is 1. The smallest absolute Gasteiger partial charge is 0.269 e. The van der Waals surface area contributed by atoms with Crippen LogP contribution in [0.25, 0.3) is 0 Å². The van der Waals surface area contributed by atoms with Crippen LogP contribution < -0.4 is 4.18 Å². The zero-order chi connectivity index (χ0) is 6.69. The lowest BCUT2D eigenvalue weighted by Gasteiger charge is -1.90. The van der Waals surface area contributed by atoms with Crippen LogP contribution in [-0.4, -0.2) is 15.4 Å². The number of hydrogen-bond acceptors (Lipinski definition) is 4. The predicted molar refractivity (Wildman–Crippen MR) is 31.2 cm³/mol. The highest BCUT2D eigenvalue weighted by Gasteiger charge is 1.96. The van der Waals surface area contributed by atoms with E-state index in [0.717, 1.165) is 0 Å². The summed E-state index contributed by atoms with van der Waals surface area (Å²) in [6.07, 6.45) is 3.90. The normalized spacial score (nSPS) is 13.0. The summed E-state index contributed by atoms with van der Waals surface area (Å²) in [7, 11) is 0. The molecule has 1 heterocycles. The van der Waals surface area contributed by atoms with Crippen molar-refractivity contribution < 1.29 is 12.8 Å². The first-order valence-electron chi connectivity index (χ1n) is 2.19. The third kappa shape index (κ3) is 1.85. The summed E-state index contributed by atoms with van der Waals surface area (Å²) in [5.74, 6) is 0.246. The fraction of sp³-hybridized carbons (Fsp3) is 0.250. The topological polar surface area (TPSA) is 52.3 Å². The highest BCUT2D eigenvalue weighted by Crippen LogP contribution is 2.04. The van der Waals surface area contributed by atoms with E-state index in [-0.39, 0.29) is 5.88 Å². The summed E-state index contributed by atoms with van der Waals surface area (Å²) in [6, 6.07) is 0. The first kappa shape index (κ1) is 6.28. The summed E-state index contributed by atoms with van der Waals surface area (Å²) in [5.41, 5.74) is 0. The fourth-order valence-electron chi connectivity index (χ4n) is 0.363. The number of rotatable bonds is 2. The SMILES string of the molecule is CS(=O)Oc1cocn1. The van der Waals surface area contributed by atoms with Crippen LogP contribution >= 0.6 is 0 Å². The number of oxazole rings is 1. The van der Waals surface area contributed by atoms with E-state index in [9.17, 15) is 4.21 Å². The quantitative estimate of drug-likeness (QED) is 0.605. The lowest BCUT2D eigenvalue weighted by molar-refractivity contribution is 0.530. The second-order valence-electron chi connectivity index (χ2n) is 1.31. The van der Waals surface area contributed by atoms with Gasteiger partial charge in [-0.15, -0.1) is 0 Å². The lowest BCUT2D eigenvalue weighted by Crippen LogP contribution is -1.95. The molecular weight excluding hydrogens is 142 g/mol. The van der Waals surface area contributed by atoms with Gasteiger partial charge in [0.05, 0.1) is 0 Å². The Morgan fingerprint density at radius 2 is 2.67 bits per heavy atom. The second-order valence-corrected chi connectivity index (χ2v) is 2.28. The van der Waals surface area contributed by atoms with E-state index in [1.807, 2.05) is 0 Å². The molecule has 50 valence electrons. The van der Waals surface area contributed by atoms with Crippen LogP contribution in [0.4, 0.5) is 0 Å². The molecule has 1 atom stereocenters. The molecular formula is C4H5NO3S. The molecule has 0 N–H and O–H groups in total. The average Bonchev–Trinajstić information content (AvgIpc) is 2.15. The van der Waals surface area contributed by atoms with Gasteiger partial charge in [-0.2, -0.15) is 4.98 Å². The van der Waals surface area contributed by atoms with Gasteiger partial charge in [0.2, 0.25) is 11.1 Å². The first-order valence-corrected chi connectivity index (χ1v) is 3.67. The number of hydrogen-bond donors (Lipinski definition) is 0. The Hall–Kier alpha value is -0.840. The minimum Gasteiger partial charge on any atom is -0.448 e. The van der Waals surface area contributed by atoms with Crippen LogP contribution in [0.2, 0.25) is 0 Å². The molecule has 0 aliphatic heterocycles. The van der Waals surface area contributed by atoms with Crippen LogP contribution in [0, 0.1) is 0 Å². The highest BCUT2D eigenvalue weighted by molar-refractivity contribution is 7.79. The second kappa shape index (κ2) is 2.63. The van der Waals surface area contributed by atoms with Gasteiger partial charge in [0.1, 0.15) is 0 Å². The molecule has 0 radical (unpaired) electrons. The van der Waals surface area contributed by atoms with E-state index in [4.69, 9.17) is 0 Å². The Morgan fingerprint density at radius 1 is 1.89 bits per heavy atom. The molecule has 0 aliphatic rings. The largest absolute Gasteiger partial charge is 0.448 e. The maximum atomic E-state index is 10.3. The standard InChI is InChI=1S/C4H5NO3S/c1-9(6)8-4-2-7-3-5-4/h2-3H,1H3. The molecule has 1 unspecified atom stereocenters. The Kier molecular flexibility index (Phi) is 1.84. The molecule has 0 saturated heterocycles. The molecule has 1 aromatic rings. The van der Waals surface area contributed by atoms with Crippen molar-refractivity contribution in [3.05, 3.63) is 12.7 Å². The zero-order valence-electron chi connectivity index (χ0n) is 4.73. The molecule has 0 spiro atoms. The van der Waals surface area contributed by atoms with E-state index in [1.54, 1.807) is 0 Å². The molecule has 9 heavy (non-hydrogen) atoms. The summed E-state index contributed by atoms with van der Waals surface area (Å²) in [5, 5.41) is 0. The molecule has 0 aromatic carbocycles. The van der Waals surface area contributed by atoms with Crippen LogP contribution in [0.5, 0.6) is 5.88 Å². The minimum absolute atomic E-state index is 0.246. The molecule has 0 fully saturated rings. The van der Waals surface area contributed by atoms with E-state index in [2.05, 4.69) is 13.6 Å². The molecule has 1 aromatic heterocycles. The van der Waals surface area contributed by atoms with Crippen molar-refractivity contribution in [3.8, 4) is 5.88 Å². The van der Waals surface area contributed by atoms with Crippen LogP contribution in [0.3, 0.4) is 0 Å². The third-order valence-corrected chi connectivity index (χ3v) is 1.02. The molecule has 4 nitrogen and oxygen atoms in total. The minimum atomic E-state index is -1.32. The highest BCUT2D eigenvalue weighted by atomic mass is 32.2.